The number of oxime groups is 1. The second kappa shape index (κ2) is 5.14. The van der Waals surface area contributed by atoms with Crippen molar-refractivity contribution in [3.63, 3.8) is 0 Å². The van der Waals surface area contributed by atoms with Crippen molar-refractivity contribution in [3.8, 4) is 0 Å². The predicted molar refractivity (Wildman–Crippen MR) is 49.8 cm³/mol. The molecule has 0 amide bonds. The summed E-state index contributed by atoms with van der Waals surface area (Å²) in [6, 6.07) is 0. The van der Waals surface area contributed by atoms with Crippen LogP contribution in [0.3, 0.4) is 0 Å². The molecular formula is C9H18N2O. The molecule has 3 nitrogen and oxygen atoms in total. The summed E-state index contributed by atoms with van der Waals surface area (Å²) < 4.78 is 0. The number of hydrogen-bond donors (Lipinski definition) is 1. The molecule has 0 atom stereocenters. The monoisotopic (exact) mass is 170 g/mol. The fourth-order valence-electron chi connectivity index (χ4n) is 1.55. The van der Waals surface area contributed by atoms with E-state index in [1.54, 1.807) is 0 Å². The first kappa shape index (κ1) is 9.52. The van der Waals surface area contributed by atoms with Gasteiger partial charge in [-0.05, 0) is 32.9 Å². The molecule has 0 aliphatic carbocycles. The molecule has 70 valence electrons. The van der Waals surface area contributed by atoms with Crippen molar-refractivity contribution in [3.05, 3.63) is 0 Å². The fourth-order valence-corrected chi connectivity index (χ4v) is 1.55. The molecule has 1 N–H and O–H groups in total. The van der Waals surface area contributed by atoms with Gasteiger partial charge in [0.15, 0.2) is 0 Å². The Morgan fingerprint density at radius 3 is 2.58 bits per heavy atom. The standard InChI is InChI=1S/C9H18N2O/c1-9(10-12)5-8-11-6-3-2-4-7-11/h12H,2-8H2,1H3/b10-9+. The van der Waals surface area contributed by atoms with Gasteiger partial charge < -0.3 is 10.1 Å². The van der Waals surface area contributed by atoms with Crippen LogP contribution in [0, 0.1) is 0 Å². The van der Waals surface area contributed by atoms with E-state index in [0.717, 1.165) is 18.7 Å². The van der Waals surface area contributed by atoms with Crippen molar-refractivity contribution in [2.75, 3.05) is 19.6 Å². The zero-order valence-corrected chi connectivity index (χ0v) is 7.79. The van der Waals surface area contributed by atoms with E-state index in [2.05, 4.69) is 10.1 Å². The van der Waals surface area contributed by atoms with Crippen LogP contribution < -0.4 is 0 Å². The normalized spacial score (nSPS) is 21.2. The molecule has 12 heavy (non-hydrogen) atoms. The minimum atomic E-state index is 0.834. The van der Waals surface area contributed by atoms with Crippen LogP contribution in [0.25, 0.3) is 0 Å². The fraction of sp³-hybridized carbons (Fsp3) is 0.889. The van der Waals surface area contributed by atoms with Crippen molar-refractivity contribution in [1.82, 2.24) is 4.90 Å². The zero-order valence-electron chi connectivity index (χ0n) is 7.79. The molecule has 1 aliphatic heterocycles. The highest BCUT2D eigenvalue weighted by Crippen LogP contribution is 2.08. The second-order valence-electron chi connectivity index (χ2n) is 3.49. The van der Waals surface area contributed by atoms with Gasteiger partial charge in [0.2, 0.25) is 0 Å². The molecule has 0 saturated carbocycles. The van der Waals surface area contributed by atoms with E-state index in [0.29, 0.717) is 0 Å². The van der Waals surface area contributed by atoms with Crippen molar-refractivity contribution in [1.29, 1.82) is 0 Å². The summed E-state index contributed by atoms with van der Waals surface area (Å²) in [6.07, 6.45) is 4.94. The Hall–Kier alpha value is -0.570. The first-order chi connectivity index (χ1) is 5.83. The maximum Gasteiger partial charge on any atom is 0.0552 e. The molecule has 1 aliphatic rings. The SMILES string of the molecule is C/C(CCN1CCCCC1)=N\O. The Morgan fingerprint density at radius 2 is 2.00 bits per heavy atom. The van der Waals surface area contributed by atoms with Crippen molar-refractivity contribution in [2.45, 2.75) is 32.6 Å². The van der Waals surface area contributed by atoms with Crippen LogP contribution in [0.1, 0.15) is 32.6 Å². The third-order valence-corrected chi connectivity index (χ3v) is 2.41. The summed E-state index contributed by atoms with van der Waals surface area (Å²) >= 11 is 0. The Bertz CT molecular complexity index is 151. The van der Waals surface area contributed by atoms with Crippen LogP contribution in [0.4, 0.5) is 0 Å². The van der Waals surface area contributed by atoms with Gasteiger partial charge in [0.25, 0.3) is 0 Å². The molecule has 1 saturated heterocycles. The molecular weight excluding hydrogens is 152 g/mol. The van der Waals surface area contributed by atoms with Gasteiger partial charge in [-0.1, -0.05) is 11.6 Å². The molecule has 0 aromatic heterocycles. The molecule has 0 aromatic rings. The van der Waals surface area contributed by atoms with Gasteiger partial charge in [-0.25, -0.2) is 0 Å². The average molecular weight is 170 g/mol. The van der Waals surface area contributed by atoms with Gasteiger partial charge in [0, 0.05) is 13.0 Å². The van der Waals surface area contributed by atoms with Crippen LogP contribution in [-0.2, 0) is 0 Å². The molecule has 0 unspecified atom stereocenters. The molecule has 0 radical (unpaired) electrons. The number of piperidine rings is 1. The summed E-state index contributed by atoms with van der Waals surface area (Å²) in [7, 11) is 0. The summed E-state index contributed by atoms with van der Waals surface area (Å²) in [5, 5.41) is 11.6. The lowest BCUT2D eigenvalue weighted by Crippen LogP contribution is -2.31. The van der Waals surface area contributed by atoms with Gasteiger partial charge in [0.1, 0.15) is 0 Å². The second-order valence-corrected chi connectivity index (χ2v) is 3.49. The van der Waals surface area contributed by atoms with Crippen LogP contribution in [0.2, 0.25) is 0 Å². The van der Waals surface area contributed by atoms with Crippen LogP contribution in [-0.4, -0.2) is 35.5 Å². The molecule has 0 aromatic carbocycles. The van der Waals surface area contributed by atoms with Crippen molar-refractivity contribution >= 4 is 5.71 Å². The Kier molecular flexibility index (Phi) is 4.08. The summed E-state index contributed by atoms with van der Waals surface area (Å²) in [4.78, 5) is 2.44. The van der Waals surface area contributed by atoms with E-state index in [1.165, 1.54) is 32.4 Å². The van der Waals surface area contributed by atoms with Crippen LogP contribution >= 0.6 is 0 Å². The number of likely N-dealkylation sites (tertiary alicyclic amines) is 1. The summed E-state index contributed by atoms with van der Waals surface area (Å²) in [5.74, 6) is 0. The van der Waals surface area contributed by atoms with Crippen LogP contribution in [0.5, 0.6) is 0 Å². The smallest absolute Gasteiger partial charge is 0.0552 e. The molecule has 3 heteroatoms. The number of hydrogen-bond acceptors (Lipinski definition) is 3. The highest BCUT2D eigenvalue weighted by Gasteiger charge is 2.09. The van der Waals surface area contributed by atoms with Gasteiger partial charge in [-0.2, -0.15) is 0 Å². The maximum absolute atomic E-state index is 8.43. The third-order valence-electron chi connectivity index (χ3n) is 2.41. The predicted octanol–water partition coefficient (Wildman–Crippen LogP) is 1.71. The zero-order chi connectivity index (χ0) is 8.81. The summed E-state index contributed by atoms with van der Waals surface area (Å²) in [6.45, 7) is 5.36. The van der Waals surface area contributed by atoms with Crippen molar-refractivity contribution in [2.24, 2.45) is 5.16 Å². The highest BCUT2D eigenvalue weighted by atomic mass is 16.4. The highest BCUT2D eigenvalue weighted by molar-refractivity contribution is 5.81. The van der Waals surface area contributed by atoms with Crippen LogP contribution in [0.15, 0.2) is 5.16 Å². The van der Waals surface area contributed by atoms with E-state index >= 15 is 0 Å². The minimum absolute atomic E-state index is 0.834. The minimum Gasteiger partial charge on any atom is -0.411 e. The Labute approximate surface area is 74.1 Å². The average Bonchev–Trinajstić information content (AvgIpc) is 2.16. The third kappa shape index (κ3) is 3.22. The lowest BCUT2D eigenvalue weighted by atomic mass is 10.1. The maximum atomic E-state index is 8.43. The molecule has 1 heterocycles. The number of nitrogens with zero attached hydrogens (tertiary/aromatic N) is 2. The first-order valence-corrected chi connectivity index (χ1v) is 4.73. The van der Waals surface area contributed by atoms with Gasteiger partial charge in [-0.3, -0.25) is 0 Å². The lowest BCUT2D eigenvalue weighted by molar-refractivity contribution is 0.233. The van der Waals surface area contributed by atoms with E-state index in [4.69, 9.17) is 5.21 Å². The van der Waals surface area contributed by atoms with E-state index in [1.807, 2.05) is 6.92 Å². The molecule has 0 spiro atoms. The first-order valence-electron chi connectivity index (χ1n) is 4.73. The summed E-state index contributed by atoms with van der Waals surface area (Å²) in [5.41, 5.74) is 0.834. The molecule has 1 rings (SSSR count). The van der Waals surface area contributed by atoms with E-state index < -0.39 is 0 Å². The van der Waals surface area contributed by atoms with Gasteiger partial charge in [0.05, 0.1) is 5.71 Å². The quantitative estimate of drug-likeness (QED) is 0.397. The number of rotatable bonds is 3. The van der Waals surface area contributed by atoms with Gasteiger partial charge in [-0.15, -0.1) is 0 Å². The van der Waals surface area contributed by atoms with E-state index in [9.17, 15) is 0 Å². The lowest BCUT2D eigenvalue weighted by Gasteiger charge is -2.25. The topological polar surface area (TPSA) is 35.8 Å². The largest absolute Gasteiger partial charge is 0.411 e. The van der Waals surface area contributed by atoms with Crippen molar-refractivity contribution < 1.29 is 5.21 Å². The molecule has 1 fully saturated rings. The Morgan fingerprint density at radius 1 is 1.33 bits per heavy atom. The van der Waals surface area contributed by atoms with Gasteiger partial charge >= 0.3 is 0 Å². The Balaban J connectivity index is 2.13. The van der Waals surface area contributed by atoms with E-state index in [-0.39, 0.29) is 0 Å². The molecule has 0 bridgehead atoms.